The van der Waals surface area contributed by atoms with E-state index in [9.17, 15) is 13.2 Å². The van der Waals surface area contributed by atoms with Crippen LogP contribution in [0.15, 0.2) is 47.9 Å². The molecule has 2 aromatic rings. The summed E-state index contributed by atoms with van der Waals surface area (Å²) in [7, 11) is -0.706. The van der Waals surface area contributed by atoms with Gasteiger partial charge < -0.3 is 14.4 Å². The lowest BCUT2D eigenvalue weighted by Crippen LogP contribution is -2.19. The molecular weight excluding hydrogens is 392 g/mol. The molecule has 1 aliphatic rings. The van der Waals surface area contributed by atoms with Crippen molar-refractivity contribution < 1.29 is 22.7 Å². The van der Waals surface area contributed by atoms with Crippen LogP contribution in [0, 0.1) is 0 Å². The highest BCUT2D eigenvalue weighted by Gasteiger charge is 2.23. The van der Waals surface area contributed by atoms with Gasteiger partial charge in [0.05, 0.1) is 24.8 Å². The number of ether oxygens (including phenoxy) is 2. The monoisotopic (exact) mass is 416 g/mol. The number of ketones is 1. The van der Waals surface area contributed by atoms with Crippen LogP contribution < -0.4 is 19.5 Å². The van der Waals surface area contributed by atoms with Gasteiger partial charge in [0, 0.05) is 35.9 Å². The molecule has 0 amide bonds. The molecule has 29 heavy (non-hydrogen) atoms. The van der Waals surface area contributed by atoms with Gasteiger partial charge in [-0.1, -0.05) is 6.58 Å². The number of anilines is 1. The topological polar surface area (TPSA) is 98.9 Å². The van der Waals surface area contributed by atoms with Crippen molar-refractivity contribution in [3.63, 3.8) is 0 Å². The number of hydrogen-bond acceptors (Lipinski definition) is 6. The molecule has 0 saturated carbocycles. The van der Waals surface area contributed by atoms with Crippen LogP contribution >= 0.6 is 0 Å². The Bertz CT molecular complexity index is 1040. The number of hydrogen-bond donors (Lipinski definition) is 1. The van der Waals surface area contributed by atoms with Gasteiger partial charge in [-0.2, -0.15) is 0 Å². The Morgan fingerprint density at radius 1 is 1.03 bits per heavy atom. The molecule has 2 N–H and O–H groups in total. The fourth-order valence-corrected chi connectivity index (χ4v) is 3.93. The first-order valence-corrected chi connectivity index (χ1v) is 10.7. The normalized spacial score (nSPS) is 14.0. The predicted molar refractivity (Wildman–Crippen MR) is 112 cm³/mol. The summed E-state index contributed by atoms with van der Waals surface area (Å²) in [6.07, 6.45) is 2.20. The van der Waals surface area contributed by atoms with E-state index in [4.69, 9.17) is 14.6 Å². The van der Waals surface area contributed by atoms with E-state index in [-0.39, 0.29) is 16.3 Å². The second kappa shape index (κ2) is 8.26. The van der Waals surface area contributed by atoms with Gasteiger partial charge in [-0.05, 0) is 43.2 Å². The summed E-state index contributed by atoms with van der Waals surface area (Å²) < 4.78 is 33.8. The first kappa shape index (κ1) is 20.9. The summed E-state index contributed by atoms with van der Waals surface area (Å²) in [5.41, 5.74) is 2.01. The molecule has 154 valence electrons. The maximum atomic E-state index is 13.0. The Balaban J connectivity index is 1.98. The second-order valence-electron chi connectivity index (χ2n) is 6.80. The third-order valence-corrected chi connectivity index (χ3v) is 5.92. The molecule has 0 radical (unpaired) electrons. The Morgan fingerprint density at radius 2 is 1.62 bits per heavy atom. The first-order valence-electron chi connectivity index (χ1n) is 9.14. The number of allylic oxidation sites excluding steroid dienone is 1. The zero-order valence-electron chi connectivity index (χ0n) is 16.5. The number of nitrogens with zero attached hydrogens (tertiary/aromatic N) is 1. The molecule has 0 spiro atoms. The average molecular weight is 416 g/mol. The van der Waals surface area contributed by atoms with Crippen molar-refractivity contribution >= 4 is 27.1 Å². The summed E-state index contributed by atoms with van der Waals surface area (Å²) in [5, 5.41) is 5.11. The van der Waals surface area contributed by atoms with Gasteiger partial charge in [-0.15, -0.1) is 0 Å². The number of sulfonamides is 1. The van der Waals surface area contributed by atoms with E-state index in [1.807, 2.05) is 6.07 Å². The number of nitrogens with two attached hydrogens (primary N) is 1. The molecule has 1 heterocycles. The van der Waals surface area contributed by atoms with Crippen molar-refractivity contribution in [2.45, 2.75) is 17.7 Å². The smallest absolute Gasteiger partial charge is 0.238 e. The van der Waals surface area contributed by atoms with Crippen LogP contribution in [0.2, 0.25) is 0 Å². The molecule has 1 aliphatic heterocycles. The highest BCUT2D eigenvalue weighted by molar-refractivity contribution is 7.89. The molecule has 8 heteroatoms. The fourth-order valence-electron chi connectivity index (χ4n) is 3.42. The lowest BCUT2D eigenvalue weighted by molar-refractivity contribution is 0.105. The summed E-state index contributed by atoms with van der Waals surface area (Å²) in [5.74, 6) is 0.816. The van der Waals surface area contributed by atoms with Crippen LogP contribution in [0.4, 0.5) is 5.69 Å². The molecule has 1 saturated heterocycles. The zero-order chi connectivity index (χ0) is 21.2. The summed E-state index contributed by atoms with van der Waals surface area (Å²) >= 11 is 0. The Hall–Kier alpha value is -2.84. The standard InChI is InChI=1S/C21H24N2O5S/c1-14(21(24)15-6-8-16(9-7-15)29(22,25)26)17-12-18(23-10-4-5-11-23)20(28-3)13-19(17)27-2/h6-9,12-13H,1,4-5,10-11H2,2-3H3,(H2,22,25,26). The Labute approximate surface area is 170 Å². The van der Waals surface area contributed by atoms with Crippen molar-refractivity contribution in [2.24, 2.45) is 5.14 Å². The van der Waals surface area contributed by atoms with Crippen molar-refractivity contribution in [3.8, 4) is 11.5 Å². The molecule has 7 nitrogen and oxygen atoms in total. The lowest BCUT2D eigenvalue weighted by atomic mass is 9.96. The predicted octanol–water partition coefficient (Wildman–Crippen LogP) is 2.85. The Kier molecular flexibility index (Phi) is 5.95. The van der Waals surface area contributed by atoms with E-state index in [0.717, 1.165) is 31.6 Å². The van der Waals surface area contributed by atoms with Crippen molar-refractivity contribution in [3.05, 3.63) is 54.1 Å². The fraction of sp³-hybridized carbons (Fsp3) is 0.286. The van der Waals surface area contributed by atoms with Gasteiger partial charge in [-0.3, -0.25) is 4.79 Å². The molecule has 0 aliphatic carbocycles. The van der Waals surface area contributed by atoms with E-state index in [1.54, 1.807) is 13.2 Å². The maximum Gasteiger partial charge on any atom is 0.238 e. The Morgan fingerprint density at radius 3 is 2.14 bits per heavy atom. The maximum absolute atomic E-state index is 13.0. The van der Waals surface area contributed by atoms with Crippen LogP contribution in [0.25, 0.3) is 5.57 Å². The zero-order valence-corrected chi connectivity index (χ0v) is 17.3. The van der Waals surface area contributed by atoms with Gasteiger partial charge >= 0.3 is 0 Å². The van der Waals surface area contributed by atoms with Gasteiger partial charge in [0.1, 0.15) is 11.5 Å². The molecule has 3 rings (SSSR count). The van der Waals surface area contributed by atoms with E-state index in [1.165, 1.54) is 31.4 Å². The quantitative estimate of drug-likeness (QED) is 0.550. The number of Topliss-reactive ketones (excluding diaryl/α,β-unsaturated/α-hetero) is 1. The molecule has 1 fully saturated rings. The van der Waals surface area contributed by atoms with E-state index in [2.05, 4.69) is 11.5 Å². The molecule has 0 atom stereocenters. The van der Waals surface area contributed by atoms with Crippen LogP contribution in [0.3, 0.4) is 0 Å². The third-order valence-electron chi connectivity index (χ3n) is 4.99. The number of primary sulfonamides is 1. The minimum absolute atomic E-state index is 0.0574. The summed E-state index contributed by atoms with van der Waals surface area (Å²) in [6, 6.07) is 9.07. The second-order valence-corrected chi connectivity index (χ2v) is 8.36. The minimum Gasteiger partial charge on any atom is -0.496 e. The van der Waals surface area contributed by atoms with Gasteiger partial charge in [-0.25, -0.2) is 13.6 Å². The van der Waals surface area contributed by atoms with E-state index >= 15 is 0 Å². The van der Waals surface area contributed by atoms with Crippen LogP contribution in [-0.2, 0) is 10.0 Å². The molecule has 0 aromatic heterocycles. The van der Waals surface area contributed by atoms with Gasteiger partial charge in [0.25, 0.3) is 0 Å². The molecule has 0 bridgehead atoms. The number of carbonyl (C=O) groups excluding carboxylic acids is 1. The van der Waals surface area contributed by atoms with Crippen LogP contribution in [-0.4, -0.2) is 41.5 Å². The first-order chi connectivity index (χ1) is 13.8. The number of carbonyl (C=O) groups is 1. The average Bonchev–Trinajstić information content (AvgIpc) is 3.25. The van der Waals surface area contributed by atoms with Crippen molar-refractivity contribution in [2.75, 3.05) is 32.2 Å². The van der Waals surface area contributed by atoms with Crippen LogP contribution in [0.5, 0.6) is 11.5 Å². The number of methoxy groups -OCH3 is 2. The summed E-state index contributed by atoms with van der Waals surface area (Å²) in [4.78, 5) is 15.1. The highest BCUT2D eigenvalue weighted by Crippen LogP contribution is 2.40. The lowest BCUT2D eigenvalue weighted by Gasteiger charge is -2.23. The SMILES string of the molecule is C=C(C(=O)c1ccc(S(N)(=O)=O)cc1)c1cc(N2CCCC2)c(OC)cc1OC. The van der Waals surface area contributed by atoms with Crippen molar-refractivity contribution in [1.29, 1.82) is 0 Å². The molecular formula is C21H24N2O5S. The largest absolute Gasteiger partial charge is 0.496 e. The highest BCUT2D eigenvalue weighted by atomic mass is 32.2. The third kappa shape index (κ3) is 4.28. The van der Waals surface area contributed by atoms with E-state index in [0.29, 0.717) is 22.6 Å². The number of benzene rings is 2. The van der Waals surface area contributed by atoms with Gasteiger partial charge in [0.15, 0.2) is 5.78 Å². The van der Waals surface area contributed by atoms with E-state index < -0.39 is 10.0 Å². The van der Waals surface area contributed by atoms with Gasteiger partial charge in [0.2, 0.25) is 10.0 Å². The number of rotatable bonds is 7. The molecule has 0 unspecified atom stereocenters. The minimum atomic E-state index is -3.82. The van der Waals surface area contributed by atoms with Crippen molar-refractivity contribution in [1.82, 2.24) is 0 Å². The summed E-state index contributed by atoms with van der Waals surface area (Å²) in [6.45, 7) is 5.80. The molecule has 2 aromatic carbocycles. The van der Waals surface area contributed by atoms with Crippen LogP contribution in [0.1, 0.15) is 28.8 Å².